The van der Waals surface area contributed by atoms with Crippen LogP contribution in [0.3, 0.4) is 0 Å². The summed E-state index contributed by atoms with van der Waals surface area (Å²) in [6.07, 6.45) is 0.855. The van der Waals surface area contributed by atoms with Gasteiger partial charge in [0.05, 0.1) is 10.0 Å². The summed E-state index contributed by atoms with van der Waals surface area (Å²) in [4.78, 5) is 1.25. The largest absolute Gasteiger partial charge is 0.316 e. The standard InChI is InChI=1S/C16H16BrCl2NS/c1-20-12(9-11-5-4-7-14(18)16(11)19)10-21-15-8-3-2-6-13(15)17/h2-8,12,20H,9-10H2,1H3. The number of hydrogen-bond donors (Lipinski definition) is 1. The maximum Gasteiger partial charge on any atom is 0.0624 e. The molecule has 0 aliphatic heterocycles. The highest BCUT2D eigenvalue weighted by molar-refractivity contribution is 9.10. The Morgan fingerprint density at radius 3 is 2.62 bits per heavy atom. The molecule has 0 radical (unpaired) electrons. The maximum absolute atomic E-state index is 6.26. The van der Waals surface area contributed by atoms with Gasteiger partial charge in [-0.1, -0.05) is 47.5 Å². The molecule has 0 heterocycles. The van der Waals surface area contributed by atoms with Gasteiger partial charge in [-0.2, -0.15) is 0 Å². The molecule has 1 atom stereocenters. The number of hydrogen-bond acceptors (Lipinski definition) is 2. The zero-order chi connectivity index (χ0) is 15.2. The van der Waals surface area contributed by atoms with Crippen LogP contribution in [0, 0.1) is 0 Å². The summed E-state index contributed by atoms with van der Waals surface area (Å²) < 4.78 is 1.13. The molecule has 0 aromatic heterocycles. The molecule has 1 unspecified atom stereocenters. The van der Waals surface area contributed by atoms with Gasteiger partial charge in [-0.3, -0.25) is 0 Å². The van der Waals surface area contributed by atoms with Crippen molar-refractivity contribution in [1.82, 2.24) is 5.32 Å². The normalized spacial score (nSPS) is 12.4. The van der Waals surface area contributed by atoms with E-state index < -0.39 is 0 Å². The topological polar surface area (TPSA) is 12.0 Å². The summed E-state index contributed by atoms with van der Waals surface area (Å²) in [6.45, 7) is 0. The molecule has 0 aliphatic carbocycles. The number of thioether (sulfide) groups is 1. The van der Waals surface area contributed by atoms with Gasteiger partial charge in [0.2, 0.25) is 0 Å². The monoisotopic (exact) mass is 403 g/mol. The van der Waals surface area contributed by atoms with Crippen molar-refractivity contribution in [1.29, 1.82) is 0 Å². The lowest BCUT2D eigenvalue weighted by atomic mass is 10.1. The molecule has 0 bridgehead atoms. The first-order valence-electron chi connectivity index (χ1n) is 6.59. The van der Waals surface area contributed by atoms with Crippen LogP contribution in [-0.2, 0) is 6.42 Å². The van der Waals surface area contributed by atoms with Crippen LogP contribution < -0.4 is 5.32 Å². The number of benzene rings is 2. The van der Waals surface area contributed by atoms with Crippen molar-refractivity contribution in [3.63, 3.8) is 0 Å². The van der Waals surface area contributed by atoms with Gasteiger partial charge < -0.3 is 5.32 Å². The highest BCUT2D eigenvalue weighted by atomic mass is 79.9. The van der Waals surface area contributed by atoms with Crippen molar-refractivity contribution >= 4 is 50.9 Å². The van der Waals surface area contributed by atoms with E-state index in [0.29, 0.717) is 16.1 Å². The van der Waals surface area contributed by atoms with Gasteiger partial charge in [0, 0.05) is 21.2 Å². The molecule has 0 amide bonds. The van der Waals surface area contributed by atoms with Crippen LogP contribution in [0.25, 0.3) is 0 Å². The molecular weight excluding hydrogens is 389 g/mol. The second-order valence-electron chi connectivity index (χ2n) is 4.64. The van der Waals surface area contributed by atoms with Crippen molar-refractivity contribution in [2.75, 3.05) is 12.8 Å². The second kappa shape index (κ2) is 8.44. The molecule has 2 aromatic rings. The Morgan fingerprint density at radius 1 is 1.14 bits per heavy atom. The molecule has 5 heteroatoms. The third-order valence-electron chi connectivity index (χ3n) is 3.18. The third-order valence-corrected chi connectivity index (χ3v) is 6.23. The minimum Gasteiger partial charge on any atom is -0.316 e. The van der Waals surface area contributed by atoms with E-state index in [-0.39, 0.29) is 0 Å². The first-order chi connectivity index (χ1) is 10.1. The minimum absolute atomic E-state index is 0.332. The van der Waals surface area contributed by atoms with Gasteiger partial charge in [0.25, 0.3) is 0 Å². The van der Waals surface area contributed by atoms with Crippen LogP contribution in [0.1, 0.15) is 5.56 Å². The molecule has 0 spiro atoms. The molecular formula is C16H16BrCl2NS. The van der Waals surface area contributed by atoms with Gasteiger partial charge >= 0.3 is 0 Å². The summed E-state index contributed by atoms with van der Waals surface area (Å²) in [5, 5.41) is 4.62. The Hall–Kier alpha value is -0.190. The molecule has 0 saturated heterocycles. The van der Waals surface area contributed by atoms with Crippen LogP contribution >= 0.6 is 50.9 Å². The summed E-state index contributed by atoms with van der Waals surface area (Å²) in [7, 11) is 1.98. The predicted molar refractivity (Wildman–Crippen MR) is 97.9 cm³/mol. The molecule has 112 valence electrons. The molecule has 21 heavy (non-hydrogen) atoms. The van der Waals surface area contributed by atoms with Gasteiger partial charge in [-0.25, -0.2) is 0 Å². The Bertz CT molecular complexity index is 607. The molecule has 0 fully saturated rings. The van der Waals surface area contributed by atoms with Crippen molar-refractivity contribution in [3.05, 3.63) is 62.5 Å². The Balaban J connectivity index is 2.01. The lowest BCUT2D eigenvalue weighted by molar-refractivity contribution is 0.617. The summed E-state index contributed by atoms with van der Waals surface area (Å²) in [5.41, 5.74) is 1.08. The lowest BCUT2D eigenvalue weighted by Crippen LogP contribution is -2.30. The summed E-state index contributed by atoms with van der Waals surface area (Å²) in [5.74, 6) is 0.960. The average molecular weight is 405 g/mol. The van der Waals surface area contributed by atoms with E-state index in [4.69, 9.17) is 23.2 Å². The fourth-order valence-electron chi connectivity index (χ4n) is 1.97. The molecule has 2 rings (SSSR count). The summed E-state index contributed by atoms with van der Waals surface area (Å²) in [6, 6.07) is 14.4. The summed E-state index contributed by atoms with van der Waals surface area (Å²) >= 11 is 17.7. The quantitative estimate of drug-likeness (QED) is 0.621. The SMILES string of the molecule is CNC(CSc1ccccc1Br)Cc1cccc(Cl)c1Cl. The van der Waals surface area contributed by atoms with E-state index in [1.165, 1.54) is 4.90 Å². The molecule has 2 aromatic carbocycles. The van der Waals surface area contributed by atoms with Crippen molar-refractivity contribution in [2.45, 2.75) is 17.4 Å². The van der Waals surface area contributed by atoms with Crippen LogP contribution in [-0.4, -0.2) is 18.8 Å². The van der Waals surface area contributed by atoms with Gasteiger partial charge in [-0.05, 0) is 53.2 Å². The van der Waals surface area contributed by atoms with Crippen molar-refractivity contribution < 1.29 is 0 Å². The number of likely N-dealkylation sites (N-methyl/N-ethyl adjacent to an activating group) is 1. The average Bonchev–Trinajstić information content (AvgIpc) is 2.49. The highest BCUT2D eigenvalue weighted by Crippen LogP contribution is 2.30. The van der Waals surface area contributed by atoms with Crippen LogP contribution in [0.5, 0.6) is 0 Å². The zero-order valence-corrected chi connectivity index (χ0v) is 15.5. The van der Waals surface area contributed by atoms with E-state index in [0.717, 1.165) is 22.2 Å². The van der Waals surface area contributed by atoms with Crippen molar-refractivity contribution in [3.8, 4) is 0 Å². The number of nitrogens with one attached hydrogen (secondary N) is 1. The number of rotatable bonds is 6. The van der Waals surface area contributed by atoms with Crippen LogP contribution in [0.4, 0.5) is 0 Å². The first kappa shape index (κ1) is 17.2. The van der Waals surface area contributed by atoms with E-state index in [9.17, 15) is 0 Å². The smallest absolute Gasteiger partial charge is 0.0624 e. The Morgan fingerprint density at radius 2 is 1.90 bits per heavy atom. The van der Waals surface area contributed by atoms with Gasteiger partial charge in [-0.15, -0.1) is 11.8 Å². The molecule has 0 aliphatic rings. The Kier molecular flexibility index (Phi) is 6.90. The minimum atomic E-state index is 0.332. The number of halogens is 3. The molecule has 1 nitrogen and oxygen atoms in total. The third kappa shape index (κ3) is 4.90. The second-order valence-corrected chi connectivity index (χ2v) is 7.35. The maximum atomic E-state index is 6.26. The van der Waals surface area contributed by atoms with Gasteiger partial charge in [0.15, 0.2) is 0 Å². The zero-order valence-electron chi connectivity index (χ0n) is 11.6. The fourth-order valence-corrected chi connectivity index (χ4v) is 4.04. The lowest BCUT2D eigenvalue weighted by Gasteiger charge is -2.17. The van der Waals surface area contributed by atoms with E-state index in [2.05, 4.69) is 39.4 Å². The predicted octanol–water partition coefficient (Wildman–Crippen LogP) is 5.68. The van der Waals surface area contributed by atoms with E-state index in [1.54, 1.807) is 0 Å². The Labute approximate surface area is 148 Å². The first-order valence-corrected chi connectivity index (χ1v) is 9.12. The highest BCUT2D eigenvalue weighted by Gasteiger charge is 2.12. The molecule has 0 saturated carbocycles. The van der Waals surface area contributed by atoms with Crippen molar-refractivity contribution in [2.24, 2.45) is 0 Å². The van der Waals surface area contributed by atoms with E-state index >= 15 is 0 Å². The fraction of sp³-hybridized carbons (Fsp3) is 0.250. The van der Waals surface area contributed by atoms with Gasteiger partial charge in [0.1, 0.15) is 0 Å². The van der Waals surface area contributed by atoms with Crippen LogP contribution in [0.2, 0.25) is 10.0 Å². The van der Waals surface area contributed by atoms with Crippen LogP contribution in [0.15, 0.2) is 51.8 Å². The molecule has 1 N–H and O–H groups in total. The van der Waals surface area contributed by atoms with E-state index in [1.807, 2.05) is 43.1 Å².